The summed E-state index contributed by atoms with van der Waals surface area (Å²) in [7, 11) is 0. The lowest BCUT2D eigenvalue weighted by molar-refractivity contribution is 0.391. The van der Waals surface area contributed by atoms with Crippen molar-refractivity contribution in [3.8, 4) is 0 Å². The first-order chi connectivity index (χ1) is 9.19. The van der Waals surface area contributed by atoms with Crippen molar-refractivity contribution in [2.75, 3.05) is 5.32 Å². The summed E-state index contributed by atoms with van der Waals surface area (Å²) < 4.78 is 2.83. The number of imidazole rings is 1. The Bertz CT molecular complexity index is 580. The van der Waals surface area contributed by atoms with Gasteiger partial charge in [0.2, 0.25) is 0 Å². The fourth-order valence-corrected chi connectivity index (χ4v) is 3.60. The van der Waals surface area contributed by atoms with Crippen molar-refractivity contribution in [3.05, 3.63) is 23.2 Å². The van der Waals surface area contributed by atoms with Crippen molar-refractivity contribution >= 4 is 27.4 Å². The molecule has 2 aromatic heterocycles. The molecule has 0 radical (unpaired) electrons. The zero-order valence-electron chi connectivity index (χ0n) is 11.3. The second-order valence-corrected chi connectivity index (χ2v) is 6.24. The Morgan fingerprint density at radius 1 is 1.47 bits per heavy atom. The van der Waals surface area contributed by atoms with E-state index in [2.05, 4.69) is 45.1 Å². The molecule has 4 nitrogen and oxygen atoms in total. The molecule has 2 aromatic rings. The van der Waals surface area contributed by atoms with Gasteiger partial charge in [-0.15, -0.1) is 0 Å². The molecule has 0 saturated heterocycles. The van der Waals surface area contributed by atoms with Crippen molar-refractivity contribution in [1.82, 2.24) is 14.4 Å². The van der Waals surface area contributed by atoms with Gasteiger partial charge in [-0.2, -0.15) is 0 Å². The summed E-state index contributed by atoms with van der Waals surface area (Å²) in [6.07, 6.45) is 9.49. The van der Waals surface area contributed by atoms with Crippen LogP contribution in [0.3, 0.4) is 0 Å². The number of aromatic nitrogens is 3. The van der Waals surface area contributed by atoms with E-state index < -0.39 is 0 Å². The minimum absolute atomic E-state index is 0.507. The van der Waals surface area contributed by atoms with E-state index in [-0.39, 0.29) is 0 Å². The van der Waals surface area contributed by atoms with Crippen LogP contribution >= 0.6 is 15.9 Å². The normalized spacial score (nSPS) is 27.0. The van der Waals surface area contributed by atoms with Crippen LogP contribution in [0.4, 0.5) is 5.82 Å². The van der Waals surface area contributed by atoms with Gasteiger partial charge in [0.05, 0.1) is 0 Å². The summed E-state index contributed by atoms with van der Waals surface area (Å²) in [5, 5.41) is 3.60. The maximum absolute atomic E-state index is 4.54. The number of halogens is 1. The van der Waals surface area contributed by atoms with E-state index in [1.165, 1.54) is 19.3 Å². The van der Waals surface area contributed by atoms with Gasteiger partial charge in [-0.1, -0.05) is 20.3 Å². The van der Waals surface area contributed by atoms with Crippen LogP contribution in [0, 0.1) is 11.8 Å². The molecule has 0 aromatic carbocycles. The topological polar surface area (TPSA) is 42.2 Å². The van der Waals surface area contributed by atoms with E-state index in [4.69, 9.17) is 0 Å². The number of hydrogen-bond donors (Lipinski definition) is 1. The van der Waals surface area contributed by atoms with Gasteiger partial charge >= 0.3 is 0 Å². The molecule has 1 fully saturated rings. The number of nitrogens with zero attached hydrogens (tertiary/aromatic N) is 3. The standard InChI is InChI=1S/C14H19BrN4/c1-3-10-4-5-11(9(10)2)17-13-14-16-6-7-19(14)8-12(15)18-13/h6-11H,3-5H2,1-2H3,(H,17,18). The molecule has 3 rings (SSSR count). The maximum atomic E-state index is 4.54. The van der Waals surface area contributed by atoms with Gasteiger partial charge in [0.1, 0.15) is 4.60 Å². The summed E-state index contributed by atoms with van der Waals surface area (Å²) in [5.41, 5.74) is 0.898. The first-order valence-electron chi connectivity index (χ1n) is 6.94. The lowest BCUT2D eigenvalue weighted by atomic mass is 9.93. The first kappa shape index (κ1) is 12.9. The van der Waals surface area contributed by atoms with Crippen molar-refractivity contribution in [3.63, 3.8) is 0 Å². The van der Waals surface area contributed by atoms with Gasteiger partial charge in [0.15, 0.2) is 11.5 Å². The highest BCUT2D eigenvalue weighted by Crippen LogP contribution is 2.35. The summed E-state index contributed by atoms with van der Waals surface area (Å²) >= 11 is 3.46. The lowest BCUT2D eigenvalue weighted by Gasteiger charge is -2.21. The molecule has 1 N–H and O–H groups in total. The number of nitrogens with one attached hydrogen (secondary N) is 1. The van der Waals surface area contributed by atoms with Crippen LogP contribution in [0.1, 0.15) is 33.1 Å². The molecule has 2 heterocycles. The number of hydrogen-bond acceptors (Lipinski definition) is 3. The average molecular weight is 323 g/mol. The first-order valence-corrected chi connectivity index (χ1v) is 7.74. The van der Waals surface area contributed by atoms with Crippen LogP contribution < -0.4 is 5.32 Å². The van der Waals surface area contributed by atoms with E-state index in [1.807, 2.05) is 23.0 Å². The van der Waals surface area contributed by atoms with E-state index in [0.29, 0.717) is 12.0 Å². The van der Waals surface area contributed by atoms with Crippen LogP contribution in [-0.4, -0.2) is 20.4 Å². The van der Waals surface area contributed by atoms with Crippen LogP contribution in [0.5, 0.6) is 0 Å². The van der Waals surface area contributed by atoms with Gasteiger partial charge in [-0.05, 0) is 40.6 Å². The second-order valence-electron chi connectivity index (χ2n) is 5.43. The molecule has 3 unspecified atom stereocenters. The predicted molar refractivity (Wildman–Crippen MR) is 80.3 cm³/mol. The zero-order chi connectivity index (χ0) is 13.4. The summed E-state index contributed by atoms with van der Waals surface area (Å²) in [4.78, 5) is 8.93. The van der Waals surface area contributed by atoms with Crippen molar-refractivity contribution in [1.29, 1.82) is 0 Å². The third-order valence-corrected chi connectivity index (χ3v) is 4.80. The SMILES string of the molecule is CCC1CCC(Nc2nc(Br)cn3ccnc23)C1C. The van der Waals surface area contributed by atoms with E-state index in [0.717, 1.165) is 22.0 Å². The maximum Gasteiger partial charge on any atom is 0.180 e. The monoisotopic (exact) mass is 322 g/mol. The molecular weight excluding hydrogens is 304 g/mol. The zero-order valence-corrected chi connectivity index (χ0v) is 12.9. The van der Waals surface area contributed by atoms with Crippen LogP contribution in [0.2, 0.25) is 0 Å². The minimum Gasteiger partial charge on any atom is -0.364 e. The van der Waals surface area contributed by atoms with E-state index in [1.54, 1.807) is 0 Å². The van der Waals surface area contributed by atoms with Gasteiger partial charge < -0.3 is 9.72 Å². The van der Waals surface area contributed by atoms with Crippen LogP contribution in [0.25, 0.3) is 5.65 Å². The van der Waals surface area contributed by atoms with Crippen LogP contribution in [0.15, 0.2) is 23.2 Å². The molecule has 1 aliphatic carbocycles. The Morgan fingerprint density at radius 3 is 3.05 bits per heavy atom. The van der Waals surface area contributed by atoms with Gasteiger partial charge in [0.25, 0.3) is 0 Å². The smallest absolute Gasteiger partial charge is 0.180 e. The fraction of sp³-hybridized carbons (Fsp3) is 0.571. The Balaban J connectivity index is 1.87. The molecule has 1 saturated carbocycles. The highest BCUT2D eigenvalue weighted by atomic mass is 79.9. The van der Waals surface area contributed by atoms with Crippen molar-refractivity contribution < 1.29 is 0 Å². The van der Waals surface area contributed by atoms with Crippen molar-refractivity contribution in [2.45, 2.75) is 39.2 Å². The summed E-state index contributed by atoms with van der Waals surface area (Å²) in [6, 6.07) is 0.507. The molecule has 3 atom stereocenters. The van der Waals surface area contributed by atoms with Crippen LogP contribution in [-0.2, 0) is 0 Å². The second kappa shape index (κ2) is 5.12. The third-order valence-electron chi connectivity index (χ3n) is 4.42. The largest absolute Gasteiger partial charge is 0.364 e. The molecule has 19 heavy (non-hydrogen) atoms. The Labute approximate surface area is 121 Å². The van der Waals surface area contributed by atoms with Gasteiger partial charge in [0, 0.05) is 24.6 Å². The minimum atomic E-state index is 0.507. The summed E-state index contributed by atoms with van der Waals surface area (Å²) in [6.45, 7) is 4.63. The van der Waals surface area contributed by atoms with E-state index >= 15 is 0 Å². The Morgan fingerprint density at radius 2 is 2.32 bits per heavy atom. The predicted octanol–water partition coefficient (Wildman–Crippen LogP) is 3.73. The van der Waals surface area contributed by atoms with Gasteiger partial charge in [-0.3, -0.25) is 0 Å². The number of anilines is 1. The fourth-order valence-electron chi connectivity index (χ4n) is 3.20. The molecular formula is C14H19BrN4. The Hall–Kier alpha value is -1.10. The Kier molecular flexibility index (Phi) is 3.48. The highest BCUT2D eigenvalue weighted by Gasteiger charge is 2.32. The molecule has 0 spiro atoms. The quantitative estimate of drug-likeness (QED) is 0.936. The molecule has 0 amide bonds. The average Bonchev–Trinajstić information content (AvgIpc) is 2.97. The number of fused-ring (bicyclic) bond motifs is 1. The number of rotatable bonds is 3. The summed E-state index contributed by atoms with van der Waals surface area (Å²) in [5.74, 6) is 2.41. The molecule has 0 bridgehead atoms. The van der Waals surface area contributed by atoms with E-state index in [9.17, 15) is 0 Å². The molecule has 102 valence electrons. The highest BCUT2D eigenvalue weighted by molar-refractivity contribution is 9.10. The molecule has 5 heteroatoms. The van der Waals surface area contributed by atoms with Crippen molar-refractivity contribution in [2.24, 2.45) is 11.8 Å². The molecule has 1 aliphatic rings. The van der Waals surface area contributed by atoms with Gasteiger partial charge in [-0.25, -0.2) is 9.97 Å². The lowest BCUT2D eigenvalue weighted by Crippen LogP contribution is -2.25. The third kappa shape index (κ3) is 2.36. The molecule has 0 aliphatic heterocycles.